The maximum absolute atomic E-state index is 12.5. The van der Waals surface area contributed by atoms with Crippen LogP contribution in [0.2, 0.25) is 0 Å². The first-order valence-corrected chi connectivity index (χ1v) is 9.85. The molecule has 0 amide bonds. The van der Waals surface area contributed by atoms with E-state index in [4.69, 9.17) is 0 Å². The van der Waals surface area contributed by atoms with E-state index in [2.05, 4.69) is 0 Å². The molecule has 10 heteroatoms. The van der Waals surface area contributed by atoms with Gasteiger partial charge in [0, 0.05) is 24.2 Å². The molecule has 0 bridgehead atoms. The molecule has 1 aliphatic heterocycles. The molecule has 27 heavy (non-hydrogen) atoms. The third kappa shape index (κ3) is 3.61. The Balaban J connectivity index is 1.87. The molecular formula is C17H17N3O6S. The summed E-state index contributed by atoms with van der Waals surface area (Å²) in [7, 11) is -3.37. The van der Waals surface area contributed by atoms with Gasteiger partial charge >= 0.3 is 0 Å². The Morgan fingerprint density at radius 1 is 1.26 bits per heavy atom. The largest absolute Gasteiger partial charge is 0.301 e. The molecule has 1 aliphatic rings. The highest BCUT2D eigenvalue weighted by Gasteiger charge is 2.28. The number of nitrogens with zero attached hydrogens (tertiary/aromatic N) is 3. The van der Waals surface area contributed by atoms with Crippen LogP contribution in [0.4, 0.5) is 11.4 Å². The molecular weight excluding hydrogens is 374 g/mol. The van der Waals surface area contributed by atoms with Crippen molar-refractivity contribution >= 4 is 27.2 Å². The van der Waals surface area contributed by atoms with E-state index in [9.17, 15) is 28.1 Å². The van der Waals surface area contributed by atoms with Gasteiger partial charge in [-0.05, 0) is 37.1 Å². The topological polar surface area (TPSA) is 120 Å². The van der Waals surface area contributed by atoms with E-state index in [0.717, 1.165) is 28.5 Å². The third-order valence-electron chi connectivity index (χ3n) is 4.45. The molecule has 2 aromatic rings. The molecule has 9 nitrogen and oxygen atoms in total. The first-order valence-electron chi connectivity index (χ1n) is 8.24. The summed E-state index contributed by atoms with van der Waals surface area (Å²) in [5.74, 6) is -0.403. The minimum absolute atomic E-state index is 0.0111. The average molecular weight is 391 g/mol. The number of sulfonamides is 1. The SMILES string of the molecule is CCS(=O)(=O)N1CCc2cc(C(=O)Cn3cc([N+](=O)[O-])ccc3=O)ccc21. The minimum atomic E-state index is -3.37. The number of rotatable bonds is 6. The molecule has 0 atom stereocenters. The number of pyridine rings is 1. The standard InChI is InChI=1S/C17H17N3O6S/c1-2-27(25,26)19-8-7-12-9-13(3-5-15(12)19)16(21)11-18-10-14(20(23)24)4-6-17(18)22/h3-6,9-10H,2,7-8,11H2,1H3. The van der Waals surface area contributed by atoms with Gasteiger partial charge in [0.1, 0.15) is 0 Å². The van der Waals surface area contributed by atoms with Gasteiger partial charge in [0.05, 0.1) is 29.1 Å². The second-order valence-electron chi connectivity index (χ2n) is 6.10. The van der Waals surface area contributed by atoms with Crippen LogP contribution in [0.1, 0.15) is 22.8 Å². The smallest absolute Gasteiger partial charge is 0.285 e. The number of aromatic nitrogens is 1. The third-order valence-corrected chi connectivity index (χ3v) is 6.23. The normalized spacial score (nSPS) is 13.4. The Bertz CT molecular complexity index is 1090. The van der Waals surface area contributed by atoms with Crippen LogP contribution in [-0.4, -0.2) is 36.0 Å². The second-order valence-corrected chi connectivity index (χ2v) is 8.28. The van der Waals surface area contributed by atoms with Crippen molar-refractivity contribution in [2.24, 2.45) is 0 Å². The molecule has 1 aromatic heterocycles. The van der Waals surface area contributed by atoms with Crippen molar-refractivity contribution in [3.05, 3.63) is 68.1 Å². The Morgan fingerprint density at radius 3 is 2.67 bits per heavy atom. The van der Waals surface area contributed by atoms with Gasteiger partial charge in [-0.25, -0.2) is 8.42 Å². The Hall–Kier alpha value is -3.01. The van der Waals surface area contributed by atoms with Crippen LogP contribution in [0.25, 0.3) is 0 Å². The summed E-state index contributed by atoms with van der Waals surface area (Å²) in [4.78, 5) is 34.6. The monoisotopic (exact) mass is 391 g/mol. The lowest BCUT2D eigenvalue weighted by atomic mass is 10.1. The predicted molar refractivity (Wildman–Crippen MR) is 98.6 cm³/mol. The summed E-state index contributed by atoms with van der Waals surface area (Å²) in [5, 5.41) is 10.8. The second kappa shape index (κ2) is 6.95. The Kier molecular flexibility index (Phi) is 4.83. The van der Waals surface area contributed by atoms with Crippen molar-refractivity contribution in [3.63, 3.8) is 0 Å². The van der Waals surface area contributed by atoms with Crippen molar-refractivity contribution in [1.29, 1.82) is 0 Å². The van der Waals surface area contributed by atoms with Crippen LogP contribution in [0.15, 0.2) is 41.3 Å². The molecule has 0 N–H and O–H groups in total. The van der Waals surface area contributed by atoms with E-state index >= 15 is 0 Å². The predicted octanol–water partition coefficient (Wildman–Crippen LogP) is 1.35. The fourth-order valence-electron chi connectivity index (χ4n) is 2.99. The number of ketones is 1. The van der Waals surface area contributed by atoms with Gasteiger partial charge in [0.25, 0.3) is 11.2 Å². The Morgan fingerprint density at radius 2 is 2.00 bits per heavy atom. The zero-order valence-corrected chi connectivity index (χ0v) is 15.3. The summed E-state index contributed by atoms with van der Waals surface area (Å²) in [6.07, 6.45) is 1.52. The van der Waals surface area contributed by atoms with Gasteiger partial charge in [-0.3, -0.25) is 24.0 Å². The number of hydrogen-bond acceptors (Lipinski definition) is 6. The van der Waals surface area contributed by atoms with E-state index in [1.807, 2.05) is 0 Å². The van der Waals surface area contributed by atoms with Crippen LogP contribution < -0.4 is 9.86 Å². The van der Waals surface area contributed by atoms with Crippen molar-refractivity contribution in [2.75, 3.05) is 16.6 Å². The number of fused-ring (bicyclic) bond motifs is 1. The molecule has 0 saturated heterocycles. The molecule has 0 radical (unpaired) electrons. The zero-order valence-electron chi connectivity index (χ0n) is 14.5. The highest BCUT2D eigenvalue weighted by molar-refractivity contribution is 7.92. The van der Waals surface area contributed by atoms with Gasteiger partial charge in [-0.2, -0.15) is 0 Å². The lowest BCUT2D eigenvalue weighted by Crippen LogP contribution is -2.30. The number of carbonyl (C=O) groups excluding carboxylic acids is 1. The van der Waals surface area contributed by atoms with E-state index in [0.29, 0.717) is 24.2 Å². The van der Waals surface area contributed by atoms with Crippen LogP contribution in [0.5, 0.6) is 0 Å². The van der Waals surface area contributed by atoms with E-state index < -0.39 is 26.3 Å². The number of anilines is 1. The van der Waals surface area contributed by atoms with Crippen molar-refractivity contribution in [1.82, 2.24) is 4.57 Å². The van der Waals surface area contributed by atoms with Crippen molar-refractivity contribution < 1.29 is 18.1 Å². The molecule has 0 saturated carbocycles. The first kappa shape index (κ1) is 18.8. The lowest BCUT2D eigenvalue weighted by molar-refractivity contribution is -0.385. The van der Waals surface area contributed by atoms with Crippen LogP contribution in [0, 0.1) is 10.1 Å². The maximum Gasteiger partial charge on any atom is 0.285 e. The quantitative estimate of drug-likeness (QED) is 0.416. The molecule has 1 aromatic carbocycles. The van der Waals surface area contributed by atoms with Gasteiger partial charge < -0.3 is 4.57 Å². The van der Waals surface area contributed by atoms with Gasteiger partial charge in [0.15, 0.2) is 5.78 Å². The van der Waals surface area contributed by atoms with E-state index in [1.165, 1.54) is 10.4 Å². The van der Waals surface area contributed by atoms with Gasteiger partial charge in [-0.1, -0.05) is 0 Å². The average Bonchev–Trinajstić information content (AvgIpc) is 3.07. The highest BCUT2D eigenvalue weighted by Crippen LogP contribution is 2.31. The highest BCUT2D eigenvalue weighted by atomic mass is 32.2. The van der Waals surface area contributed by atoms with Crippen molar-refractivity contribution in [2.45, 2.75) is 19.9 Å². The Labute approximate surface area is 155 Å². The summed E-state index contributed by atoms with van der Waals surface area (Å²) >= 11 is 0. The van der Waals surface area contributed by atoms with Gasteiger partial charge in [-0.15, -0.1) is 0 Å². The van der Waals surface area contributed by atoms with E-state index in [-0.39, 0.29) is 18.0 Å². The maximum atomic E-state index is 12.5. The van der Waals surface area contributed by atoms with Crippen LogP contribution >= 0.6 is 0 Å². The minimum Gasteiger partial charge on any atom is -0.301 e. The van der Waals surface area contributed by atoms with Crippen molar-refractivity contribution in [3.8, 4) is 0 Å². The molecule has 0 aliphatic carbocycles. The molecule has 2 heterocycles. The fourth-order valence-corrected chi connectivity index (χ4v) is 4.14. The number of nitro groups is 1. The molecule has 0 fully saturated rings. The van der Waals surface area contributed by atoms with Crippen LogP contribution in [-0.2, 0) is 23.0 Å². The summed E-state index contributed by atoms with van der Waals surface area (Å²) < 4.78 is 26.6. The van der Waals surface area contributed by atoms with E-state index in [1.54, 1.807) is 19.1 Å². The number of hydrogen-bond donors (Lipinski definition) is 0. The van der Waals surface area contributed by atoms with Crippen LogP contribution in [0.3, 0.4) is 0 Å². The molecule has 0 spiro atoms. The summed E-state index contributed by atoms with van der Waals surface area (Å²) in [6.45, 7) is 1.56. The lowest BCUT2D eigenvalue weighted by Gasteiger charge is -2.18. The summed E-state index contributed by atoms with van der Waals surface area (Å²) in [5.41, 5.74) is 0.820. The number of benzene rings is 1. The number of Topliss-reactive ketones (excluding diaryl/α,β-unsaturated/α-hetero) is 1. The first-order chi connectivity index (χ1) is 12.7. The fraction of sp³-hybridized carbons (Fsp3) is 0.294. The molecule has 142 valence electrons. The zero-order chi connectivity index (χ0) is 19.8. The molecule has 3 rings (SSSR count). The molecule has 0 unspecified atom stereocenters. The number of carbonyl (C=O) groups is 1. The summed E-state index contributed by atoms with van der Waals surface area (Å²) in [6, 6.07) is 6.83. The van der Waals surface area contributed by atoms with Gasteiger partial charge in [0.2, 0.25) is 10.0 Å².